The molecule has 0 amide bonds. The summed E-state index contributed by atoms with van der Waals surface area (Å²) < 4.78 is 0. The van der Waals surface area contributed by atoms with Crippen molar-refractivity contribution < 1.29 is 5.11 Å². The van der Waals surface area contributed by atoms with E-state index in [2.05, 4.69) is 55.1 Å². The molecular weight excluding hydrogens is 294 g/mol. The fraction of sp³-hybridized carbons (Fsp3) is 0.455. The van der Waals surface area contributed by atoms with Crippen LogP contribution in [0.25, 0.3) is 0 Å². The van der Waals surface area contributed by atoms with Gasteiger partial charge in [0, 0.05) is 12.6 Å². The van der Waals surface area contributed by atoms with Crippen molar-refractivity contribution in [2.45, 2.75) is 51.5 Å². The summed E-state index contributed by atoms with van der Waals surface area (Å²) in [5.74, 6) is 0.976. The van der Waals surface area contributed by atoms with Crippen LogP contribution in [0.5, 0.6) is 5.75 Å². The molecule has 1 N–H and O–H groups in total. The molecule has 1 aliphatic rings. The largest absolute Gasteiger partial charge is 0.508 e. The summed E-state index contributed by atoms with van der Waals surface area (Å²) in [5.41, 5.74) is 4.21. The van der Waals surface area contributed by atoms with Crippen LogP contribution in [0.3, 0.4) is 0 Å². The summed E-state index contributed by atoms with van der Waals surface area (Å²) in [4.78, 5) is 2.61. The van der Waals surface area contributed by atoms with E-state index in [1.54, 1.807) is 0 Å². The molecule has 2 atom stereocenters. The Morgan fingerprint density at radius 2 is 1.96 bits per heavy atom. The first-order valence-corrected chi connectivity index (χ1v) is 9.28. The highest BCUT2D eigenvalue weighted by Crippen LogP contribution is 2.37. The van der Waals surface area contributed by atoms with Crippen LogP contribution in [0, 0.1) is 0 Å². The number of likely N-dealkylation sites (N-methyl/N-ethyl adjacent to an activating group) is 1. The van der Waals surface area contributed by atoms with Crippen molar-refractivity contribution >= 4 is 0 Å². The van der Waals surface area contributed by atoms with Gasteiger partial charge in [0.2, 0.25) is 0 Å². The van der Waals surface area contributed by atoms with Gasteiger partial charge in [0.25, 0.3) is 0 Å². The third-order valence-corrected chi connectivity index (χ3v) is 5.58. The molecule has 2 heteroatoms. The lowest BCUT2D eigenvalue weighted by molar-refractivity contribution is 0.185. The second-order valence-corrected chi connectivity index (χ2v) is 6.99. The van der Waals surface area contributed by atoms with Gasteiger partial charge in [-0.25, -0.2) is 0 Å². The molecule has 0 aromatic heterocycles. The fourth-order valence-electron chi connectivity index (χ4n) is 4.16. The van der Waals surface area contributed by atoms with E-state index in [4.69, 9.17) is 0 Å². The number of rotatable bonds is 6. The summed E-state index contributed by atoms with van der Waals surface area (Å²) in [6, 6.07) is 17.3. The van der Waals surface area contributed by atoms with Gasteiger partial charge in [-0.15, -0.1) is 0 Å². The van der Waals surface area contributed by atoms with E-state index in [0.717, 1.165) is 25.9 Å². The topological polar surface area (TPSA) is 23.5 Å². The van der Waals surface area contributed by atoms with Gasteiger partial charge in [0.1, 0.15) is 5.75 Å². The quantitative estimate of drug-likeness (QED) is 0.828. The van der Waals surface area contributed by atoms with Crippen molar-refractivity contribution in [3.63, 3.8) is 0 Å². The number of aromatic hydroxyl groups is 1. The molecule has 0 radical (unpaired) electrons. The number of benzene rings is 2. The molecule has 128 valence electrons. The molecule has 2 nitrogen and oxygen atoms in total. The molecule has 3 rings (SSSR count). The molecule has 0 heterocycles. The molecule has 1 aliphatic carbocycles. The van der Waals surface area contributed by atoms with Crippen molar-refractivity contribution in [3.8, 4) is 5.75 Å². The number of phenolic OH excluding ortho intramolecular Hbond substituents is 1. The van der Waals surface area contributed by atoms with Crippen LogP contribution in [-0.4, -0.2) is 29.1 Å². The lowest BCUT2D eigenvalue weighted by atomic mass is 9.78. The lowest BCUT2D eigenvalue weighted by Crippen LogP contribution is -2.39. The minimum absolute atomic E-state index is 0.401. The molecule has 0 spiro atoms. The van der Waals surface area contributed by atoms with Crippen molar-refractivity contribution in [2.75, 3.05) is 13.1 Å². The van der Waals surface area contributed by atoms with E-state index in [-0.39, 0.29) is 0 Å². The highest BCUT2D eigenvalue weighted by Gasteiger charge is 2.28. The molecular formula is C22H29NO. The lowest BCUT2D eigenvalue weighted by Gasteiger charge is -2.37. The number of nitrogens with zero attached hydrogens (tertiary/aromatic N) is 1. The Hall–Kier alpha value is -1.80. The standard InChI is InChI=1S/C22H29NO/c1-3-23(15-14-18-8-5-4-6-9-18)17(2)21-11-7-10-19-16-20(24)12-13-22(19)21/h4-6,8-9,12-13,16-17,21,24H,3,7,10-11,14-15H2,1-2H3. The normalized spacial score (nSPS) is 18.4. The van der Waals surface area contributed by atoms with Crippen LogP contribution >= 0.6 is 0 Å². The number of hydrogen-bond donors (Lipinski definition) is 1. The zero-order chi connectivity index (χ0) is 16.9. The third-order valence-electron chi connectivity index (χ3n) is 5.58. The van der Waals surface area contributed by atoms with Gasteiger partial charge in [0.15, 0.2) is 0 Å². The van der Waals surface area contributed by atoms with Crippen molar-refractivity contribution in [3.05, 3.63) is 65.2 Å². The van der Waals surface area contributed by atoms with Gasteiger partial charge >= 0.3 is 0 Å². The zero-order valence-electron chi connectivity index (χ0n) is 14.9. The number of aryl methyl sites for hydroxylation is 1. The minimum atomic E-state index is 0.401. The van der Waals surface area contributed by atoms with E-state index in [1.165, 1.54) is 29.5 Å². The number of fused-ring (bicyclic) bond motifs is 1. The summed E-state index contributed by atoms with van der Waals surface area (Å²) in [5, 5.41) is 9.77. The number of phenols is 1. The van der Waals surface area contributed by atoms with Gasteiger partial charge in [-0.3, -0.25) is 0 Å². The predicted molar refractivity (Wildman–Crippen MR) is 101 cm³/mol. The van der Waals surface area contributed by atoms with E-state index in [9.17, 15) is 5.11 Å². The van der Waals surface area contributed by atoms with E-state index in [1.807, 2.05) is 12.1 Å². The van der Waals surface area contributed by atoms with Crippen LogP contribution in [0.1, 0.15) is 49.3 Å². The molecule has 0 bridgehead atoms. The van der Waals surface area contributed by atoms with Gasteiger partial charge in [0.05, 0.1) is 0 Å². The van der Waals surface area contributed by atoms with Crippen LogP contribution in [0.15, 0.2) is 48.5 Å². The molecule has 0 aliphatic heterocycles. The Kier molecular flexibility index (Phi) is 5.57. The second-order valence-electron chi connectivity index (χ2n) is 6.99. The molecule has 2 unspecified atom stereocenters. The van der Waals surface area contributed by atoms with Crippen molar-refractivity contribution in [1.29, 1.82) is 0 Å². The maximum absolute atomic E-state index is 9.77. The van der Waals surface area contributed by atoms with Gasteiger partial charge in [-0.05, 0) is 73.9 Å². The maximum atomic E-state index is 9.77. The Balaban J connectivity index is 1.71. The van der Waals surface area contributed by atoms with Crippen LogP contribution in [-0.2, 0) is 12.8 Å². The van der Waals surface area contributed by atoms with Crippen LogP contribution < -0.4 is 0 Å². The summed E-state index contributed by atoms with van der Waals surface area (Å²) in [6.45, 7) is 6.83. The zero-order valence-corrected chi connectivity index (χ0v) is 14.9. The summed E-state index contributed by atoms with van der Waals surface area (Å²) in [7, 11) is 0. The predicted octanol–water partition coefficient (Wildman–Crippen LogP) is 4.77. The first-order chi connectivity index (χ1) is 11.7. The Morgan fingerprint density at radius 3 is 2.71 bits per heavy atom. The fourth-order valence-corrected chi connectivity index (χ4v) is 4.16. The summed E-state index contributed by atoms with van der Waals surface area (Å²) >= 11 is 0. The van der Waals surface area contributed by atoms with E-state index >= 15 is 0 Å². The number of hydrogen-bond acceptors (Lipinski definition) is 2. The summed E-state index contributed by atoms with van der Waals surface area (Å²) in [6.07, 6.45) is 4.68. The van der Waals surface area contributed by atoms with Crippen molar-refractivity contribution in [1.82, 2.24) is 4.90 Å². The van der Waals surface area contributed by atoms with Gasteiger partial charge in [-0.1, -0.05) is 43.3 Å². The monoisotopic (exact) mass is 323 g/mol. The van der Waals surface area contributed by atoms with E-state index in [0.29, 0.717) is 17.7 Å². The minimum Gasteiger partial charge on any atom is -0.508 e. The smallest absolute Gasteiger partial charge is 0.115 e. The first-order valence-electron chi connectivity index (χ1n) is 9.28. The molecule has 2 aromatic carbocycles. The maximum Gasteiger partial charge on any atom is 0.115 e. The average molecular weight is 323 g/mol. The SMILES string of the molecule is CCN(CCc1ccccc1)C(C)C1CCCc2cc(O)ccc21. The van der Waals surface area contributed by atoms with Crippen LogP contribution in [0.2, 0.25) is 0 Å². The molecule has 0 saturated heterocycles. The Morgan fingerprint density at radius 1 is 1.17 bits per heavy atom. The molecule has 0 fully saturated rings. The second kappa shape index (κ2) is 7.85. The average Bonchev–Trinajstić information content (AvgIpc) is 2.62. The highest BCUT2D eigenvalue weighted by molar-refractivity contribution is 5.39. The molecule has 0 saturated carbocycles. The first kappa shape index (κ1) is 17.0. The third kappa shape index (κ3) is 3.81. The van der Waals surface area contributed by atoms with Crippen molar-refractivity contribution in [2.24, 2.45) is 0 Å². The van der Waals surface area contributed by atoms with Crippen LogP contribution in [0.4, 0.5) is 0 Å². The van der Waals surface area contributed by atoms with Gasteiger partial charge < -0.3 is 10.0 Å². The van der Waals surface area contributed by atoms with E-state index < -0.39 is 0 Å². The highest BCUT2D eigenvalue weighted by atomic mass is 16.3. The van der Waals surface area contributed by atoms with Gasteiger partial charge in [-0.2, -0.15) is 0 Å². The molecule has 24 heavy (non-hydrogen) atoms. The Labute approximate surface area is 146 Å². The molecule has 2 aromatic rings. The Bertz CT molecular complexity index is 652.